The summed E-state index contributed by atoms with van der Waals surface area (Å²) >= 11 is 0. The Morgan fingerprint density at radius 2 is 2.00 bits per heavy atom. The largest absolute Gasteiger partial charge is 0.492 e. The van der Waals surface area contributed by atoms with Crippen LogP contribution in [-0.4, -0.2) is 25.9 Å². The van der Waals surface area contributed by atoms with Crippen LogP contribution in [0.15, 0.2) is 42.5 Å². The third-order valence-electron chi connectivity index (χ3n) is 3.51. The van der Waals surface area contributed by atoms with Crippen molar-refractivity contribution in [2.45, 2.75) is 13.5 Å². The number of nitrogens with one attached hydrogen (secondary N) is 2. The minimum Gasteiger partial charge on any atom is -0.492 e. The molecule has 1 aliphatic rings. The van der Waals surface area contributed by atoms with Crippen molar-refractivity contribution in [1.82, 2.24) is 5.32 Å². The Hall–Kier alpha value is -2.73. The van der Waals surface area contributed by atoms with Gasteiger partial charge in [-0.05, 0) is 36.8 Å². The van der Waals surface area contributed by atoms with Crippen LogP contribution in [0, 0.1) is 0 Å². The fourth-order valence-electron chi connectivity index (χ4n) is 2.42. The molecule has 3 rings (SSSR count). The molecule has 0 radical (unpaired) electrons. The van der Waals surface area contributed by atoms with Crippen molar-refractivity contribution < 1.29 is 19.0 Å². The Bertz CT molecular complexity index is 718. The molecule has 2 aromatic carbocycles. The van der Waals surface area contributed by atoms with Gasteiger partial charge in [-0.15, -0.1) is 0 Å². The number of para-hydroxylation sites is 2. The van der Waals surface area contributed by atoms with Gasteiger partial charge in [0.25, 0.3) is 0 Å². The maximum atomic E-state index is 12.1. The third kappa shape index (κ3) is 3.97. The van der Waals surface area contributed by atoms with E-state index in [1.165, 1.54) is 0 Å². The van der Waals surface area contributed by atoms with Crippen LogP contribution in [0.25, 0.3) is 0 Å². The number of hydrogen-bond acceptors (Lipinski definition) is 5. The lowest BCUT2D eigenvalue weighted by atomic mass is 10.2. The number of carbonyl (C=O) groups excluding carboxylic acids is 1. The highest BCUT2D eigenvalue weighted by molar-refractivity contribution is 5.93. The van der Waals surface area contributed by atoms with Crippen molar-refractivity contribution in [1.29, 1.82) is 0 Å². The van der Waals surface area contributed by atoms with Gasteiger partial charge in [0.05, 0.1) is 18.8 Å². The summed E-state index contributed by atoms with van der Waals surface area (Å²) in [6, 6.07) is 13.1. The first-order valence-corrected chi connectivity index (χ1v) is 7.87. The fourth-order valence-corrected chi connectivity index (χ4v) is 2.42. The van der Waals surface area contributed by atoms with Crippen LogP contribution in [0.5, 0.6) is 17.2 Å². The monoisotopic (exact) mass is 328 g/mol. The molecule has 6 heteroatoms. The van der Waals surface area contributed by atoms with E-state index in [0.29, 0.717) is 24.6 Å². The van der Waals surface area contributed by atoms with Crippen LogP contribution in [0.2, 0.25) is 0 Å². The number of anilines is 1. The fraction of sp³-hybridized carbons (Fsp3) is 0.278. The first-order valence-electron chi connectivity index (χ1n) is 7.87. The van der Waals surface area contributed by atoms with Gasteiger partial charge in [-0.25, -0.2) is 0 Å². The lowest BCUT2D eigenvalue weighted by molar-refractivity contribution is -0.115. The van der Waals surface area contributed by atoms with Crippen LogP contribution in [0.4, 0.5) is 5.69 Å². The van der Waals surface area contributed by atoms with E-state index in [-0.39, 0.29) is 19.2 Å². The molecule has 2 aromatic rings. The molecule has 0 saturated carbocycles. The quantitative estimate of drug-likeness (QED) is 0.817. The van der Waals surface area contributed by atoms with E-state index in [9.17, 15) is 4.79 Å². The zero-order valence-corrected chi connectivity index (χ0v) is 13.5. The van der Waals surface area contributed by atoms with Crippen molar-refractivity contribution in [3.05, 3.63) is 48.0 Å². The van der Waals surface area contributed by atoms with Gasteiger partial charge in [0.1, 0.15) is 5.75 Å². The van der Waals surface area contributed by atoms with Gasteiger partial charge < -0.3 is 24.8 Å². The predicted octanol–water partition coefficient (Wildman–Crippen LogP) is 2.54. The smallest absolute Gasteiger partial charge is 0.238 e. The van der Waals surface area contributed by atoms with E-state index < -0.39 is 0 Å². The lowest BCUT2D eigenvalue weighted by Gasteiger charge is -2.11. The summed E-state index contributed by atoms with van der Waals surface area (Å²) < 4.78 is 16.1. The number of fused-ring (bicyclic) bond motifs is 1. The zero-order valence-electron chi connectivity index (χ0n) is 13.5. The highest BCUT2D eigenvalue weighted by Crippen LogP contribution is 2.32. The molecule has 0 unspecified atom stereocenters. The van der Waals surface area contributed by atoms with Crippen molar-refractivity contribution in [3.63, 3.8) is 0 Å². The summed E-state index contributed by atoms with van der Waals surface area (Å²) in [5, 5.41) is 5.97. The van der Waals surface area contributed by atoms with Crippen molar-refractivity contribution in [2.75, 3.05) is 25.3 Å². The predicted molar refractivity (Wildman–Crippen MR) is 90.5 cm³/mol. The van der Waals surface area contributed by atoms with Crippen molar-refractivity contribution in [2.24, 2.45) is 0 Å². The number of benzene rings is 2. The second kappa shape index (κ2) is 7.70. The molecule has 2 N–H and O–H groups in total. The van der Waals surface area contributed by atoms with Gasteiger partial charge in [-0.1, -0.05) is 18.2 Å². The second-order valence-corrected chi connectivity index (χ2v) is 5.27. The standard InChI is InChI=1S/C18H20N2O4/c1-2-22-15-6-4-3-5-14(15)20-18(21)11-19-10-13-7-8-16-17(9-13)24-12-23-16/h3-9,19H,2,10-12H2,1H3,(H,20,21). The minimum absolute atomic E-state index is 0.122. The molecule has 0 saturated heterocycles. The number of carbonyl (C=O) groups is 1. The van der Waals surface area contributed by atoms with Crippen LogP contribution in [-0.2, 0) is 11.3 Å². The van der Waals surface area contributed by atoms with Gasteiger partial charge >= 0.3 is 0 Å². The Balaban J connectivity index is 1.49. The molecule has 0 fully saturated rings. The van der Waals surface area contributed by atoms with E-state index in [1.807, 2.05) is 49.4 Å². The summed E-state index contributed by atoms with van der Waals surface area (Å²) in [6.45, 7) is 3.49. The molecule has 0 spiro atoms. The molecule has 126 valence electrons. The number of hydrogen-bond donors (Lipinski definition) is 2. The van der Waals surface area contributed by atoms with Gasteiger partial charge in [0.2, 0.25) is 12.7 Å². The molecule has 1 aliphatic heterocycles. The SMILES string of the molecule is CCOc1ccccc1NC(=O)CNCc1ccc2c(c1)OCO2. The summed E-state index contributed by atoms with van der Waals surface area (Å²) in [5.41, 5.74) is 1.70. The molecule has 1 heterocycles. The molecule has 0 aliphatic carbocycles. The normalized spacial score (nSPS) is 12.0. The maximum Gasteiger partial charge on any atom is 0.238 e. The molecular weight excluding hydrogens is 308 g/mol. The van der Waals surface area contributed by atoms with E-state index in [0.717, 1.165) is 17.1 Å². The Kier molecular flexibility index (Phi) is 5.18. The zero-order chi connectivity index (χ0) is 16.8. The Morgan fingerprint density at radius 3 is 2.88 bits per heavy atom. The van der Waals surface area contributed by atoms with Crippen LogP contribution >= 0.6 is 0 Å². The van der Waals surface area contributed by atoms with Crippen LogP contribution in [0.1, 0.15) is 12.5 Å². The van der Waals surface area contributed by atoms with E-state index in [2.05, 4.69) is 10.6 Å². The molecule has 0 atom stereocenters. The van der Waals surface area contributed by atoms with E-state index >= 15 is 0 Å². The van der Waals surface area contributed by atoms with Crippen LogP contribution < -0.4 is 24.8 Å². The summed E-state index contributed by atoms with van der Waals surface area (Å²) in [7, 11) is 0. The topological polar surface area (TPSA) is 68.8 Å². The molecule has 6 nitrogen and oxygen atoms in total. The average Bonchev–Trinajstić information content (AvgIpc) is 3.04. The summed E-state index contributed by atoms with van der Waals surface area (Å²) in [6.07, 6.45) is 0. The maximum absolute atomic E-state index is 12.1. The van der Waals surface area contributed by atoms with Crippen molar-refractivity contribution >= 4 is 11.6 Å². The lowest BCUT2D eigenvalue weighted by Crippen LogP contribution is -2.27. The van der Waals surface area contributed by atoms with Crippen LogP contribution in [0.3, 0.4) is 0 Å². The molecular formula is C18H20N2O4. The van der Waals surface area contributed by atoms with Crippen molar-refractivity contribution in [3.8, 4) is 17.2 Å². The molecule has 0 bridgehead atoms. The van der Waals surface area contributed by atoms with Gasteiger partial charge in [0.15, 0.2) is 11.5 Å². The molecule has 0 aromatic heterocycles. The highest BCUT2D eigenvalue weighted by Gasteiger charge is 2.13. The second-order valence-electron chi connectivity index (χ2n) is 5.27. The Labute approximate surface area is 140 Å². The van der Waals surface area contributed by atoms with Gasteiger partial charge in [-0.2, -0.15) is 0 Å². The number of ether oxygens (including phenoxy) is 3. The van der Waals surface area contributed by atoms with E-state index in [4.69, 9.17) is 14.2 Å². The summed E-state index contributed by atoms with van der Waals surface area (Å²) in [4.78, 5) is 12.1. The van der Waals surface area contributed by atoms with Gasteiger partial charge in [0, 0.05) is 6.54 Å². The molecule has 1 amide bonds. The van der Waals surface area contributed by atoms with E-state index in [1.54, 1.807) is 0 Å². The Morgan fingerprint density at radius 1 is 1.17 bits per heavy atom. The third-order valence-corrected chi connectivity index (χ3v) is 3.51. The number of amides is 1. The highest BCUT2D eigenvalue weighted by atomic mass is 16.7. The summed E-state index contributed by atoms with van der Waals surface area (Å²) in [5.74, 6) is 2.04. The first-order chi connectivity index (χ1) is 11.8. The minimum atomic E-state index is -0.122. The molecule has 24 heavy (non-hydrogen) atoms. The number of rotatable bonds is 7. The average molecular weight is 328 g/mol. The van der Waals surface area contributed by atoms with Gasteiger partial charge in [-0.3, -0.25) is 4.79 Å². The first kappa shape index (κ1) is 16.1.